The summed E-state index contributed by atoms with van der Waals surface area (Å²) < 4.78 is 7.81. The van der Waals surface area contributed by atoms with Crippen LogP contribution in [0.3, 0.4) is 0 Å². The van der Waals surface area contributed by atoms with E-state index in [1.807, 2.05) is 28.8 Å². The number of aliphatic carboxylic acids is 1. The Morgan fingerprint density at radius 3 is 2.43 bits per heavy atom. The lowest BCUT2D eigenvalue weighted by atomic mass is 9.92. The molecule has 0 bridgehead atoms. The number of anilines is 1. The number of halogens is 2. The average Bonchev–Trinajstić information content (AvgIpc) is 3.44. The molecule has 0 unspecified atom stereocenters. The molecule has 4 aromatic rings. The van der Waals surface area contributed by atoms with Crippen LogP contribution in [0.4, 0.5) is 5.82 Å². The number of nitrogens with two attached hydrogens (primary N) is 1. The normalized spacial score (nSPS) is 14.0. The summed E-state index contributed by atoms with van der Waals surface area (Å²) in [6, 6.07) is 12.6. The summed E-state index contributed by atoms with van der Waals surface area (Å²) in [7, 11) is 0. The molecule has 1 aliphatic rings. The molecule has 1 aliphatic carbocycles. The molecular formula is C26H24Cl2N4O3. The van der Waals surface area contributed by atoms with E-state index in [1.54, 1.807) is 18.2 Å². The predicted octanol–water partition coefficient (Wildman–Crippen LogP) is 6.75. The molecule has 0 spiro atoms. The van der Waals surface area contributed by atoms with Crippen molar-refractivity contribution in [2.24, 2.45) is 0 Å². The predicted molar refractivity (Wildman–Crippen MR) is 137 cm³/mol. The second-order valence-electron chi connectivity index (χ2n) is 8.75. The van der Waals surface area contributed by atoms with Crippen molar-refractivity contribution in [3.8, 4) is 22.6 Å². The molecule has 2 heterocycles. The molecule has 1 saturated carbocycles. The Kier molecular flexibility index (Phi) is 6.54. The summed E-state index contributed by atoms with van der Waals surface area (Å²) in [6.07, 6.45) is 6.25. The van der Waals surface area contributed by atoms with Crippen molar-refractivity contribution in [1.29, 1.82) is 0 Å². The van der Waals surface area contributed by atoms with Gasteiger partial charge in [-0.25, -0.2) is 9.50 Å². The van der Waals surface area contributed by atoms with Crippen molar-refractivity contribution < 1.29 is 14.6 Å². The highest BCUT2D eigenvalue weighted by Crippen LogP contribution is 2.44. The van der Waals surface area contributed by atoms with E-state index < -0.39 is 5.97 Å². The topological polar surface area (TPSA) is 103 Å². The van der Waals surface area contributed by atoms with Crippen LogP contribution in [0.15, 0.2) is 48.8 Å². The van der Waals surface area contributed by atoms with Gasteiger partial charge in [-0.1, -0.05) is 48.2 Å². The van der Waals surface area contributed by atoms with Gasteiger partial charge in [0.25, 0.3) is 0 Å². The lowest BCUT2D eigenvalue weighted by Gasteiger charge is -2.13. The molecule has 0 saturated heterocycles. The second kappa shape index (κ2) is 9.76. The maximum Gasteiger partial charge on any atom is 0.303 e. The maximum atomic E-state index is 11.5. The summed E-state index contributed by atoms with van der Waals surface area (Å²) in [5.74, 6) is 0.983. The molecule has 0 atom stereocenters. The Bertz CT molecular complexity index is 1380. The Balaban J connectivity index is 1.60. The molecule has 2 aromatic heterocycles. The van der Waals surface area contributed by atoms with Crippen LogP contribution in [-0.4, -0.2) is 25.7 Å². The second-order valence-corrected chi connectivity index (χ2v) is 9.62. The number of carboxylic acid groups (broad SMARTS) is 1. The van der Waals surface area contributed by atoms with E-state index in [-0.39, 0.29) is 6.42 Å². The fourth-order valence-corrected chi connectivity index (χ4v) is 5.52. The van der Waals surface area contributed by atoms with Crippen molar-refractivity contribution in [3.05, 3.63) is 70.1 Å². The van der Waals surface area contributed by atoms with Gasteiger partial charge >= 0.3 is 5.97 Å². The quantitative estimate of drug-likeness (QED) is 0.285. The lowest BCUT2D eigenvalue weighted by molar-refractivity contribution is -0.136. The average molecular weight is 511 g/mol. The van der Waals surface area contributed by atoms with E-state index in [2.05, 4.69) is 10.1 Å². The third-order valence-electron chi connectivity index (χ3n) is 6.44. The van der Waals surface area contributed by atoms with Gasteiger partial charge in [-0.05, 0) is 60.7 Å². The number of hydrogen-bond acceptors (Lipinski definition) is 5. The fourth-order valence-electron chi connectivity index (χ4n) is 5.01. The zero-order chi connectivity index (χ0) is 24.5. The van der Waals surface area contributed by atoms with E-state index in [4.69, 9.17) is 33.7 Å². The number of ether oxygens (including phenoxy) is 1. The molecule has 0 amide bonds. The highest BCUT2D eigenvalue weighted by atomic mass is 35.5. The van der Waals surface area contributed by atoms with Gasteiger partial charge in [-0.15, -0.1) is 0 Å². The third kappa shape index (κ3) is 4.79. The minimum Gasteiger partial charge on any atom is -0.481 e. The van der Waals surface area contributed by atoms with Crippen molar-refractivity contribution in [2.45, 2.75) is 44.4 Å². The minimum absolute atomic E-state index is 0.0215. The number of aromatic nitrogens is 3. The Morgan fingerprint density at radius 1 is 1.09 bits per heavy atom. The van der Waals surface area contributed by atoms with Crippen molar-refractivity contribution in [1.82, 2.24) is 14.6 Å². The molecule has 0 aliphatic heterocycles. The van der Waals surface area contributed by atoms with Crippen molar-refractivity contribution in [2.75, 3.05) is 5.73 Å². The van der Waals surface area contributed by atoms with E-state index in [9.17, 15) is 9.90 Å². The SMILES string of the molecule is Nc1ncnn2c(C3CCCC3)c(CCC(=O)O)c(-c3ccc(Oc4cc(Cl)cc(Cl)c4)cc3)c12. The summed E-state index contributed by atoms with van der Waals surface area (Å²) in [5, 5.41) is 15.0. The molecule has 3 N–H and O–H groups in total. The van der Waals surface area contributed by atoms with Gasteiger partial charge in [0.05, 0.1) is 0 Å². The number of hydrogen-bond donors (Lipinski definition) is 2. The molecule has 2 aromatic carbocycles. The molecule has 0 radical (unpaired) electrons. The maximum absolute atomic E-state index is 11.5. The van der Waals surface area contributed by atoms with E-state index >= 15 is 0 Å². The Hall–Kier alpha value is -3.29. The van der Waals surface area contributed by atoms with Crippen LogP contribution in [0.5, 0.6) is 11.5 Å². The highest BCUT2D eigenvalue weighted by Gasteiger charge is 2.29. The van der Waals surface area contributed by atoms with Crippen molar-refractivity contribution in [3.63, 3.8) is 0 Å². The molecule has 1 fully saturated rings. The van der Waals surface area contributed by atoms with Crippen LogP contribution in [0.2, 0.25) is 10.0 Å². The Labute approximate surface area is 212 Å². The molecule has 9 heteroatoms. The van der Waals surface area contributed by atoms with Gasteiger partial charge in [0.2, 0.25) is 0 Å². The Morgan fingerprint density at radius 2 is 1.77 bits per heavy atom. The zero-order valence-electron chi connectivity index (χ0n) is 18.9. The van der Waals surface area contributed by atoms with E-state index in [1.165, 1.54) is 6.33 Å². The van der Waals surface area contributed by atoms with Crippen LogP contribution in [0.1, 0.15) is 49.3 Å². The van der Waals surface area contributed by atoms with Crippen LogP contribution in [0, 0.1) is 0 Å². The van der Waals surface area contributed by atoms with Crippen LogP contribution < -0.4 is 10.5 Å². The third-order valence-corrected chi connectivity index (χ3v) is 6.88. The van der Waals surface area contributed by atoms with Crippen LogP contribution >= 0.6 is 23.2 Å². The smallest absolute Gasteiger partial charge is 0.303 e. The van der Waals surface area contributed by atoms with Crippen LogP contribution in [-0.2, 0) is 11.2 Å². The number of rotatable bonds is 7. The summed E-state index contributed by atoms with van der Waals surface area (Å²) in [4.78, 5) is 15.7. The summed E-state index contributed by atoms with van der Waals surface area (Å²) in [5.41, 5.74) is 10.9. The highest BCUT2D eigenvalue weighted by molar-refractivity contribution is 6.34. The first kappa shape index (κ1) is 23.5. The molecule has 7 nitrogen and oxygen atoms in total. The number of nitrogens with zero attached hydrogens (tertiary/aromatic N) is 3. The fraction of sp³-hybridized carbons (Fsp3) is 0.269. The summed E-state index contributed by atoms with van der Waals surface area (Å²) in [6.45, 7) is 0. The van der Waals surface area contributed by atoms with Crippen LogP contribution in [0.25, 0.3) is 16.6 Å². The van der Waals surface area contributed by atoms with Gasteiger partial charge in [-0.3, -0.25) is 4.79 Å². The van der Waals surface area contributed by atoms with E-state index in [0.717, 1.165) is 48.1 Å². The number of fused-ring (bicyclic) bond motifs is 1. The standard InChI is InChI=1S/C26H24Cl2N4O3/c27-17-11-18(28)13-20(12-17)35-19-7-5-15(6-8-19)23-21(9-10-22(33)34)24(16-3-1-2-4-16)32-25(23)26(29)30-14-31-32/h5-8,11-14,16H,1-4,9-10H2,(H,33,34)(H2,29,30,31). The number of benzene rings is 2. The van der Waals surface area contributed by atoms with E-state index in [0.29, 0.717) is 45.2 Å². The van der Waals surface area contributed by atoms with Gasteiger partial charge in [-0.2, -0.15) is 5.10 Å². The first-order valence-electron chi connectivity index (χ1n) is 11.5. The molecule has 35 heavy (non-hydrogen) atoms. The largest absolute Gasteiger partial charge is 0.481 e. The first-order chi connectivity index (χ1) is 16.9. The number of carbonyl (C=O) groups is 1. The molecule has 180 valence electrons. The number of carboxylic acids is 1. The van der Waals surface area contributed by atoms with Gasteiger partial charge < -0.3 is 15.6 Å². The summed E-state index contributed by atoms with van der Waals surface area (Å²) >= 11 is 12.2. The number of nitrogen functional groups attached to an aromatic ring is 1. The molecule has 5 rings (SSSR count). The van der Waals surface area contributed by atoms with Crippen molar-refractivity contribution >= 4 is 40.5 Å². The van der Waals surface area contributed by atoms with Gasteiger partial charge in [0, 0.05) is 33.6 Å². The van der Waals surface area contributed by atoms with Gasteiger partial charge in [0.1, 0.15) is 23.3 Å². The monoisotopic (exact) mass is 510 g/mol. The minimum atomic E-state index is -0.841. The first-order valence-corrected chi connectivity index (χ1v) is 12.3. The molecular weight excluding hydrogens is 487 g/mol. The van der Waals surface area contributed by atoms with Gasteiger partial charge in [0.15, 0.2) is 5.82 Å². The zero-order valence-corrected chi connectivity index (χ0v) is 20.4. The lowest BCUT2D eigenvalue weighted by Crippen LogP contribution is -2.07.